The number of nitrogens with zero attached hydrogens (tertiary/aromatic N) is 1. The van der Waals surface area contributed by atoms with Crippen molar-refractivity contribution < 1.29 is 4.74 Å². The molecule has 2 rings (SSSR count). The maximum absolute atomic E-state index is 6.25. The summed E-state index contributed by atoms with van der Waals surface area (Å²) in [5, 5.41) is 4.25. The van der Waals surface area contributed by atoms with Crippen molar-refractivity contribution >= 4 is 11.6 Å². The van der Waals surface area contributed by atoms with Crippen LogP contribution in [0.25, 0.3) is 0 Å². The second-order valence-corrected chi connectivity index (χ2v) is 4.56. The van der Waals surface area contributed by atoms with Crippen molar-refractivity contribution in [3.8, 4) is 5.75 Å². The summed E-state index contributed by atoms with van der Waals surface area (Å²) in [5.74, 6) is 0.804. The molecule has 1 heterocycles. The Bertz CT molecular complexity index is 370. The van der Waals surface area contributed by atoms with Gasteiger partial charge in [-0.15, -0.1) is 0 Å². The van der Waals surface area contributed by atoms with Gasteiger partial charge in [0, 0.05) is 30.7 Å². The van der Waals surface area contributed by atoms with Gasteiger partial charge in [0.25, 0.3) is 0 Å². The monoisotopic (exact) mass is 240 g/mol. The first-order valence-corrected chi connectivity index (χ1v) is 5.84. The van der Waals surface area contributed by atoms with Gasteiger partial charge in [0.05, 0.1) is 7.11 Å². The number of piperazine rings is 1. The number of rotatable bonds is 2. The topological polar surface area (TPSA) is 24.5 Å². The lowest BCUT2D eigenvalue weighted by Crippen LogP contribution is -2.43. The molecule has 1 fully saturated rings. The molecule has 4 heteroatoms. The van der Waals surface area contributed by atoms with Crippen LogP contribution in [0.2, 0.25) is 5.02 Å². The summed E-state index contributed by atoms with van der Waals surface area (Å²) in [6.07, 6.45) is 0. The number of hydrogen-bond acceptors (Lipinski definition) is 3. The zero-order valence-electron chi connectivity index (χ0n) is 9.66. The third kappa shape index (κ3) is 2.48. The third-order valence-corrected chi connectivity index (χ3v) is 3.29. The number of ether oxygens (including phenoxy) is 1. The Balaban J connectivity index is 2.19. The van der Waals surface area contributed by atoms with Crippen LogP contribution in [0.3, 0.4) is 0 Å². The fourth-order valence-corrected chi connectivity index (χ4v) is 2.33. The molecule has 0 radical (unpaired) electrons. The summed E-state index contributed by atoms with van der Waals surface area (Å²) in [5.41, 5.74) is 1.15. The number of methoxy groups -OCH3 is 1. The number of nitrogens with one attached hydrogen (secondary N) is 1. The standard InChI is InChI=1S/C12H17ClN2O/c1-15-6-5-14-12(8-15)10-4-3-9(16-2)7-11(10)13/h3-4,7,12,14H,5-6,8H2,1-2H3. The molecule has 0 bridgehead atoms. The van der Waals surface area contributed by atoms with Gasteiger partial charge < -0.3 is 15.0 Å². The van der Waals surface area contributed by atoms with E-state index in [1.807, 2.05) is 18.2 Å². The van der Waals surface area contributed by atoms with Crippen LogP contribution < -0.4 is 10.1 Å². The molecule has 1 atom stereocenters. The Morgan fingerprint density at radius 3 is 2.94 bits per heavy atom. The third-order valence-electron chi connectivity index (χ3n) is 2.96. The first-order chi connectivity index (χ1) is 7.70. The SMILES string of the molecule is COc1ccc(C2CN(C)CCN2)c(Cl)c1. The van der Waals surface area contributed by atoms with Gasteiger partial charge in [0.15, 0.2) is 0 Å². The van der Waals surface area contributed by atoms with Gasteiger partial charge in [-0.25, -0.2) is 0 Å². The number of halogens is 1. The second kappa shape index (κ2) is 5.04. The van der Waals surface area contributed by atoms with Crippen LogP contribution in [0, 0.1) is 0 Å². The zero-order chi connectivity index (χ0) is 11.5. The Labute approximate surface area is 101 Å². The van der Waals surface area contributed by atoms with E-state index >= 15 is 0 Å². The highest BCUT2D eigenvalue weighted by molar-refractivity contribution is 6.31. The number of benzene rings is 1. The summed E-state index contributed by atoms with van der Waals surface area (Å²) < 4.78 is 5.14. The molecule has 0 aliphatic carbocycles. The van der Waals surface area contributed by atoms with Crippen molar-refractivity contribution in [3.05, 3.63) is 28.8 Å². The van der Waals surface area contributed by atoms with Crippen molar-refractivity contribution in [2.24, 2.45) is 0 Å². The Kier molecular flexibility index (Phi) is 3.69. The molecule has 1 unspecified atom stereocenters. The van der Waals surface area contributed by atoms with Gasteiger partial charge in [-0.3, -0.25) is 0 Å². The van der Waals surface area contributed by atoms with E-state index in [1.165, 1.54) is 0 Å². The van der Waals surface area contributed by atoms with Crippen molar-refractivity contribution in [2.75, 3.05) is 33.8 Å². The van der Waals surface area contributed by atoms with E-state index < -0.39 is 0 Å². The average Bonchev–Trinajstić information content (AvgIpc) is 2.28. The molecular formula is C12H17ClN2O. The molecular weight excluding hydrogens is 224 g/mol. The average molecular weight is 241 g/mol. The summed E-state index contributed by atoms with van der Waals surface area (Å²) in [7, 11) is 3.78. The first-order valence-electron chi connectivity index (χ1n) is 5.46. The Morgan fingerprint density at radius 1 is 1.50 bits per heavy atom. The molecule has 0 amide bonds. The minimum absolute atomic E-state index is 0.317. The fourth-order valence-electron chi connectivity index (χ4n) is 2.02. The lowest BCUT2D eigenvalue weighted by atomic mass is 10.0. The maximum atomic E-state index is 6.25. The van der Waals surface area contributed by atoms with E-state index in [0.29, 0.717) is 6.04 Å². The zero-order valence-corrected chi connectivity index (χ0v) is 10.4. The predicted molar refractivity (Wildman–Crippen MR) is 66.2 cm³/mol. The van der Waals surface area contributed by atoms with E-state index in [2.05, 4.69) is 17.3 Å². The maximum Gasteiger partial charge on any atom is 0.120 e. The fraction of sp³-hybridized carbons (Fsp3) is 0.500. The van der Waals surface area contributed by atoms with Crippen molar-refractivity contribution in [3.63, 3.8) is 0 Å². The highest BCUT2D eigenvalue weighted by atomic mass is 35.5. The Morgan fingerprint density at radius 2 is 2.31 bits per heavy atom. The van der Waals surface area contributed by atoms with Crippen LogP contribution in [0.15, 0.2) is 18.2 Å². The van der Waals surface area contributed by atoms with Crippen LogP contribution in [0.5, 0.6) is 5.75 Å². The highest BCUT2D eigenvalue weighted by Gasteiger charge is 2.20. The van der Waals surface area contributed by atoms with E-state index in [0.717, 1.165) is 36.0 Å². The lowest BCUT2D eigenvalue weighted by Gasteiger charge is -2.31. The summed E-state index contributed by atoms with van der Waals surface area (Å²) in [6, 6.07) is 6.18. The summed E-state index contributed by atoms with van der Waals surface area (Å²) in [4.78, 5) is 2.31. The van der Waals surface area contributed by atoms with Crippen LogP contribution in [-0.2, 0) is 0 Å². The summed E-state index contributed by atoms with van der Waals surface area (Å²) in [6.45, 7) is 3.08. The van der Waals surface area contributed by atoms with E-state index in [-0.39, 0.29) is 0 Å². The lowest BCUT2D eigenvalue weighted by molar-refractivity contribution is 0.241. The van der Waals surface area contributed by atoms with Gasteiger partial charge >= 0.3 is 0 Å². The molecule has 1 aromatic rings. The van der Waals surface area contributed by atoms with Gasteiger partial charge in [-0.1, -0.05) is 17.7 Å². The smallest absolute Gasteiger partial charge is 0.120 e. The largest absolute Gasteiger partial charge is 0.497 e. The number of hydrogen-bond donors (Lipinski definition) is 1. The van der Waals surface area contributed by atoms with Crippen molar-refractivity contribution in [1.82, 2.24) is 10.2 Å². The van der Waals surface area contributed by atoms with E-state index in [1.54, 1.807) is 7.11 Å². The van der Waals surface area contributed by atoms with Crippen molar-refractivity contribution in [1.29, 1.82) is 0 Å². The molecule has 88 valence electrons. The van der Waals surface area contributed by atoms with Crippen LogP contribution in [0.1, 0.15) is 11.6 Å². The van der Waals surface area contributed by atoms with Gasteiger partial charge in [0.2, 0.25) is 0 Å². The minimum atomic E-state index is 0.317. The van der Waals surface area contributed by atoms with Crippen LogP contribution in [-0.4, -0.2) is 38.7 Å². The molecule has 0 saturated carbocycles. The normalized spacial score (nSPS) is 22.1. The van der Waals surface area contributed by atoms with Gasteiger partial charge in [-0.2, -0.15) is 0 Å². The molecule has 1 aromatic carbocycles. The van der Waals surface area contributed by atoms with Crippen LogP contribution >= 0.6 is 11.6 Å². The molecule has 3 nitrogen and oxygen atoms in total. The summed E-state index contributed by atoms with van der Waals surface area (Å²) >= 11 is 6.25. The molecule has 1 saturated heterocycles. The second-order valence-electron chi connectivity index (χ2n) is 4.16. The predicted octanol–water partition coefficient (Wildman–Crippen LogP) is 1.92. The van der Waals surface area contributed by atoms with Gasteiger partial charge in [-0.05, 0) is 24.7 Å². The van der Waals surface area contributed by atoms with Crippen molar-refractivity contribution in [2.45, 2.75) is 6.04 Å². The molecule has 0 spiro atoms. The minimum Gasteiger partial charge on any atom is -0.497 e. The van der Waals surface area contributed by atoms with Crippen LogP contribution in [0.4, 0.5) is 0 Å². The highest BCUT2D eigenvalue weighted by Crippen LogP contribution is 2.28. The molecule has 1 N–H and O–H groups in total. The molecule has 1 aliphatic heterocycles. The van der Waals surface area contributed by atoms with E-state index in [4.69, 9.17) is 16.3 Å². The molecule has 0 aromatic heterocycles. The molecule has 16 heavy (non-hydrogen) atoms. The van der Waals surface area contributed by atoms with Gasteiger partial charge in [0.1, 0.15) is 5.75 Å². The molecule has 1 aliphatic rings. The number of likely N-dealkylation sites (N-methyl/N-ethyl adjacent to an activating group) is 1. The quantitative estimate of drug-likeness (QED) is 0.855. The van der Waals surface area contributed by atoms with E-state index in [9.17, 15) is 0 Å². The first kappa shape index (κ1) is 11.7. The Hall–Kier alpha value is -0.770.